The molecule has 1 fully saturated rings. The highest BCUT2D eigenvalue weighted by molar-refractivity contribution is 5.74. The van der Waals surface area contributed by atoms with Gasteiger partial charge in [-0.2, -0.15) is 0 Å². The number of amides is 2. The third kappa shape index (κ3) is 4.16. The lowest BCUT2D eigenvalue weighted by Gasteiger charge is -2.16. The normalized spacial score (nSPS) is 14.5. The van der Waals surface area contributed by atoms with E-state index in [-0.39, 0.29) is 6.03 Å². The summed E-state index contributed by atoms with van der Waals surface area (Å²) in [6, 6.07) is 8.10. The molecule has 19 heavy (non-hydrogen) atoms. The molecular formula is C15H22N2O2. The van der Waals surface area contributed by atoms with E-state index in [0.29, 0.717) is 13.2 Å². The Hall–Kier alpha value is -1.71. The maximum atomic E-state index is 11.7. The molecule has 0 bridgehead atoms. The molecule has 0 radical (unpaired) electrons. The van der Waals surface area contributed by atoms with E-state index in [0.717, 1.165) is 38.1 Å². The summed E-state index contributed by atoms with van der Waals surface area (Å²) in [5, 5.41) is 2.89. The van der Waals surface area contributed by atoms with Crippen molar-refractivity contribution in [3.05, 3.63) is 29.8 Å². The van der Waals surface area contributed by atoms with Crippen LogP contribution in [0.4, 0.5) is 4.79 Å². The van der Waals surface area contributed by atoms with Crippen LogP contribution in [0.25, 0.3) is 0 Å². The quantitative estimate of drug-likeness (QED) is 0.828. The summed E-state index contributed by atoms with van der Waals surface area (Å²) in [4.78, 5) is 13.6. The highest BCUT2D eigenvalue weighted by Crippen LogP contribution is 2.13. The lowest BCUT2D eigenvalue weighted by molar-refractivity contribution is 0.205. The second-order valence-electron chi connectivity index (χ2n) is 4.78. The minimum absolute atomic E-state index is 0.0309. The van der Waals surface area contributed by atoms with Crippen LogP contribution in [0.15, 0.2) is 24.3 Å². The topological polar surface area (TPSA) is 41.6 Å². The number of nitrogens with zero attached hydrogens (tertiary/aromatic N) is 1. The number of nitrogens with one attached hydrogen (secondary N) is 1. The van der Waals surface area contributed by atoms with Crippen LogP contribution in [0.1, 0.15) is 25.3 Å². The van der Waals surface area contributed by atoms with Gasteiger partial charge in [-0.1, -0.05) is 19.1 Å². The molecular weight excluding hydrogens is 240 g/mol. The Kier molecular flexibility index (Phi) is 5.07. The molecule has 1 saturated heterocycles. The Balaban J connectivity index is 1.67. The molecule has 0 aliphatic carbocycles. The second-order valence-corrected chi connectivity index (χ2v) is 4.78. The van der Waals surface area contributed by atoms with E-state index in [4.69, 9.17) is 4.74 Å². The zero-order valence-electron chi connectivity index (χ0n) is 11.5. The first-order chi connectivity index (χ1) is 9.29. The molecule has 0 spiro atoms. The van der Waals surface area contributed by atoms with Crippen molar-refractivity contribution in [1.29, 1.82) is 0 Å². The highest BCUT2D eigenvalue weighted by Gasteiger charge is 2.16. The van der Waals surface area contributed by atoms with Gasteiger partial charge in [0.25, 0.3) is 0 Å². The summed E-state index contributed by atoms with van der Waals surface area (Å²) < 4.78 is 5.63. The minimum Gasteiger partial charge on any atom is -0.492 e. The van der Waals surface area contributed by atoms with Crippen molar-refractivity contribution in [3.8, 4) is 5.75 Å². The molecule has 0 saturated carbocycles. The van der Waals surface area contributed by atoms with Gasteiger partial charge >= 0.3 is 6.03 Å². The average molecular weight is 262 g/mol. The van der Waals surface area contributed by atoms with Crippen molar-refractivity contribution in [3.63, 3.8) is 0 Å². The first kappa shape index (κ1) is 13.7. The van der Waals surface area contributed by atoms with E-state index in [1.165, 1.54) is 5.56 Å². The summed E-state index contributed by atoms with van der Waals surface area (Å²) in [6.07, 6.45) is 3.24. The van der Waals surface area contributed by atoms with Crippen molar-refractivity contribution in [2.24, 2.45) is 0 Å². The number of hydrogen-bond donors (Lipinski definition) is 1. The van der Waals surface area contributed by atoms with Crippen LogP contribution in [0.5, 0.6) is 5.75 Å². The van der Waals surface area contributed by atoms with Crippen molar-refractivity contribution < 1.29 is 9.53 Å². The van der Waals surface area contributed by atoms with Crippen LogP contribution in [-0.2, 0) is 6.42 Å². The maximum Gasteiger partial charge on any atom is 0.317 e. The minimum atomic E-state index is 0.0309. The van der Waals surface area contributed by atoms with Crippen molar-refractivity contribution in [2.45, 2.75) is 26.2 Å². The molecule has 1 N–H and O–H groups in total. The first-order valence-electron chi connectivity index (χ1n) is 7.04. The number of aryl methyl sites for hydroxylation is 1. The molecule has 0 atom stereocenters. The van der Waals surface area contributed by atoms with Crippen LogP contribution < -0.4 is 10.1 Å². The largest absolute Gasteiger partial charge is 0.492 e. The standard InChI is InChI=1S/C15H22N2O2/c1-2-13-6-5-7-14(12-13)19-11-8-16-15(18)17-9-3-4-10-17/h5-7,12H,2-4,8-11H2,1H3,(H,16,18). The SMILES string of the molecule is CCc1cccc(OCCNC(=O)N2CCCC2)c1. The van der Waals surface area contributed by atoms with E-state index in [1.807, 2.05) is 23.1 Å². The lowest BCUT2D eigenvalue weighted by Crippen LogP contribution is -2.39. The predicted molar refractivity (Wildman–Crippen MR) is 75.5 cm³/mol. The molecule has 4 heteroatoms. The van der Waals surface area contributed by atoms with Crippen LogP contribution in [0.2, 0.25) is 0 Å². The monoisotopic (exact) mass is 262 g/mol. The summed E-state index contributed by atoms with van der Waals surface area (Å²) in [5.74, 6) is 0.870. The Morgan fingerprint density at radius 1 is 1.37 bits per heavy atom. The average Bonchev–Trinajstić information content (AvgIpc) is 2.98. The van der Waals surface area contributed by atoms with E-state index >= 15 is 0 Å². The number of carbonyl (C=O) groups is 1. The fourth-order valence-corrected chi connectivity index (χ4v) is 2.21. The number of ether oxygens (including phenoxy) is 1. The smallest absolute Gasteiger partial charge is 0.317 e. The second kappa shape index (κ2) is 7.02. The fraction of sp³-hybridized carbons (Fsp3) is 0.533. The fourth-order valence-electron chi connectivity index (χ4n) is 2.21. The van der Waals surface area contributed by atoms with Gasteiger partial charge in [-0.25, -0.2) is 4.79 Å². The Bertz CT molecular complexity index is 414. The third-order valence-electron chi connectivity index (χ3n) is 3.35. The van der Waals surface area contributed by atoms with Crippen molar-refractivity contribution in [1.82, 2.24) is 10.2 Å². The van der Waals surface area contributed by atoms with Crippen LogP contribution in [0, 0.1) is 0 Å². The summed E-state index contributed by atoms with van der Waals surface area (Å²) in [7, 11) is 0. The van der Waals surface area contributed by atoms with Gasteiger partial charge in [-0.3, -0.25) is 0 Å². The molecule has 0 unspecified atom stereocenters. The van der Waals surface area contributed by atoms with Crippen molar-refractivity contribution >= 4 is 6.03 Å². The summed E-state index contributed by atoms with van der Waals surface area (Å²) in [6.45, 7) is 4.93. The zero-order valence-corrected chi connectivity index (χ0v) is 11.5. The maximum absolute atomic E-state index is 11.7. The first-order valence-corrected chi connectivity index (χ1v) is 7.04. The van der Waals surface area contributed by atoms with Gasteiger partial charge in [0.05, 0.1) is 6.54 Å². The van der Waals surface area contributed by atoms with Crippen LogP contribution in [-0.4, -0.2) is 37.2 Å². The molecule has 1 aliphatic rings. The molecule has 1 aromatic carbocycles. The molecule has 4 nitrogen and oxygen atoms in total. The number of hydrogen-bond acceptors (Lipinski definition) is 2. The van der Waals surface area contributed by atoms with Crippen molar-refractivity contribution in [2.75, 3.05) is 26.2 Å². The van der Waals surface area contributed by atoms with Crippen LogP contribution >= 0.6 is 0 Å². The molecule has 1 aliphatic heterocycles. The van der Waals surface area contributed by atoms with E-state index in [9.17, 15) is 4.79 Å². The Morgan fingerprint density at radius 3 is 2.89 bits per heavy atom. The zero-order chi connectivity index (χ0) is 13.5. The summed E-state index contributed by atoms with van der Waals surface area (Å²) >= 11 is 0. The van der Waals surface area contributed by atoms with E-state index < -0.39 is 0 Å². The van der Waals surface area contributed by atoms with Gasteiger partial charge in [0.1, 0.15) is 12.4 Å². The lowest BCUT2D eigenvalue weighted by atomic mass is 10.2. The van der Waals surface area contributed by atoms with Gasteiger partial charge in [0, 0.05) is 13.1 Å². The summed E-state index contributed by atoms with van der Waals surface area (Å²) in [5.41, 5.74) is 1.26. The van der Waals surface area contributed by atoms with Gasteiger partial charge < -0.3 is 15.0 Å². The Morgan fingerprint density at radius 2 is 2.16 bits per heavy atom. The van der Waals surface area contributed by atoms with Gasteiger partial charge in [0.2, 0.25) is 0 Å². The Labute approximate surface area is 114 Å². The molecule has 1 heterocycles. The number of carbonyl (C=O) groups excluding carboxylic acids is 1. The highest BCUT2D eigenvalue weighted by atomic mass is 16.5. The predicted octanol–water partition coefficient (Wildman–Crippen LogP) is 2.43. The number of likely N-dealkylation sites (tertiary alicyclic amines) is 1. The number of rotatable bonds is 5. The molecule has 2 amide bonds. The molecule has 2 rings (SSSR count). The van der Waals surface area contributed by atoms with Gasteiger partial charge in [0.15, 0.2) is 0 Å². The van der Waals surface area contributed by atoms with Gasteiger partial charge in [-0.05, 0) is 37.0 Å². The van der Waals surface area contributed by atoms with E-state index in [1.54, 1.807) is 0 Å². The number of urea groups is 1. The molecule has 104 valence electrons. The molecule has 0 aromatic heterocycles. The van der Waals surface area contributed by atoms with Gasteiger partial charge in [-0.15, -0.1) is 0 Å². The van der Waals surface area contributed by atoms with E-state index in [2.05, 4.69) is 18.3 Å². The van der Waals surface area contributed by atoms with Crippen LogP contribution in [0.3, 0.4) is 0 Å². The number of benzene rings is 1. The molecule has 1 aromatic rings. The third-order valence-corrected chi connectivity index (χ3v) is 3.35.